The number of nitrogens with one attached hydrogen (secondary N) is 1. The van der Waals surface area contributed by atoms with Crippen LogP contribution in [0.2, 0.25) is 0 Å². The highest BCUT2D eigenvalue weighted by atomic mass is 32.2. The summed E-state index contributed by atoms with van der Waals surface area (Å²) in [5.74, 6) is 1.22. The molecule has 1 saturated carbocycles. The molecule has 1 aliphatic carbocycles. The van der Waals surface area contributed by atoms with Crippen molar-refractivity contribution >= 4 is 23.1 Å². The summed E-state index contributed by atoms with van der Waals surface area (Å²) < 4.78 is 0. The van der Waals surface area contributed by atoms with E-state index in [1.54, 1.807) is 11.3 Å². The van der Waals surface area contributed by atoms with Gasteiger partial charge in [0.05, 0.1) is 10.7 Å². The Bertz CT molecular complexity index is 345. The Labute approximate surface area is 119 Å². The van der Waals surface area contributed by atoms with E-state index in [2.05, 4.69) is 41.4 Å². The molecule has 2 nitrogen and oxygen atoms in total. The van der Waals surface area contributed by atoms with Crippen molar-refractivity contribution in [2.24, 2.45) is 0 Å². The third kappa shape index (κ3) is 4.56. The molecule has 0 bridgehead atoms. The molecule has 1 aromatic rings. The van der Waals surface area contributed by atoms with Crippen molar-refractivity contribution in [2.45, 2.75) is 56.7 Å². The van der Waals surface area contributed by atoms with Crippen LogP contribution in [-0.2, 0) is 6.42 Å². The largest absolute Gasteiger partial charge is 0.316 e. The lowest BCUT2D eigenvalue weighted by atomic mass is 10.0. The first-order valence-corrected chi connectivity index (χ1v) is 8.90. The molecule has 0 saturated heterocycles. The van der Waals surface area contributed by atoms with Gasteiger partial charge >= 0.3 is 0 Å². The van der Waals surface area contributed by atoms with Crippen LogP contribution in [0.25, 0.3) is 0 Å². The fraction of sp³-hybridized carbons (Fsp3) is 0.786. The van der Waals surface area contributed by atoms with E-state index >= 15 is 0 Å². The normalized spacial score (nSPS) is 19.0. The van der Waals surface area contributed by atoms with Crippen molar-refractivity contribution < 1.29 is 0 Å². The maximum atomic E-state index is 4.56. The maximum Gasteiger partial charge on any atom is 0.0897 e. The first kappa shape index (κ1) is 14.4. The Balaban J connectivity index is 1.74. The van der Waals surface area contributed by atoms with Crippen molar-refractivity contribution in [1.29, 1.82) is 0 Å². The number of aromatic nitrogens is 1. The lowest BCUT2D eigenvalue weighted by Crippen LogP contribution is -2.31. The van der Waals surface area contributed by atoms with Crippen LogP contribution in [0.4, 0.5) is 0 Å². The monoisotopic (exact) mass is 284 g/mol. The van der Waals surface area contributed by atoms with Gasteiger partial charge in [-0.15, -0.1) is 11.3 Å². The van der Waals surface area contributed by atoms with E-state index in [4.69, 9.17) is 0 Å². The summed E-state index contributed by atoms with van der Waals surface area (Å²) in [5, 5.41) is 7.73. The lowest BCUT2D eigenvalue weighted by molar-refractivity contribution is 0.514. The van der Waals surface area contributed by atoms with E-state index < -0.39 is 0 Å². The van der Waals surface area contributed by atoms with E-state index in [-0.39, 0.29) is 0 Å². The van der Waals surface area contributed by atoms with Gasteiger partial charge in [0.25, 0.3) is 0 Å². The van der Waals surface area contributed by atoms with Crippen molar-refractivity contribution in [3.8, 4) is 0 Å². The molecule has 4 heteroatoms. The Hall–Kier alpha value is -0.0600. The Morgan fingerprint density at radius 1 is 1.44 bits per heavy atom. The van der Waals surface area contributed by atoms with Crippen LogP contribution in [0, 0.1) is 6.92 Å². The minimum Gasteiger partial charge on any atom is -0.316 e. The van der Waals surface area contributed by atoms with Gasteiger partial charge in [-0.05, 0) is 26.8 Å². The number of likely N-dealkylation sites (N-methyl/N-ethyl adjacent to an activating group) is 1. The molecule has 0 aliphatic heterocycles. The Kier molecular flexibility index (Phi) is 5.99. The smallest absolute Gasteiger partial charge is 0.0897 e. The molecule has 1 aromatic heterocycles. The maximum absolute atomic E-state index is 4.56. The summed E-state index contributed by atoms with van der Waals surface area (Å²) in [7, 11) is 2.07. The quantitative estimate of drug-likeness (QED) is 0.863. The predicted molar refractivity (Wildman–Crippen MR) is 82.7 cm³/mol. The summed E-state index contributed by atoms with van der Waals surface area (Å²) in [6, 6.07) is 0.568. The Morgan fingerprint density at radius 3 is 2.83 bits per heavy atom. The molecule has 18 heavy (non-hydrogen) atoms. The number of aryl methyl sites for hydroxylation is 1. The summed E-state index contributed by atoms with van der Waals surface area (Å²) in [4.78, 5) is 4.56. The fourth-order valence-electron chi connectivity index (χ4n) is 2.48. The first-order chi connectivity index (χ1) is 8.78. The standard InChI is InChI=1S/C14H24N2S2/c1-11-16-13(10-17-11)8-12(15-2)9-18-14-6-4-3-5-7-14/h10,12,14-15H,3-9H2,1-2H3. The van der Waals surface area contributed by atoms with Gasteiger partial charge in [0.15, 0.2) is 0 Å². The van der Waals surface area contributed by atoms with Gasteiger partial charge < -0.3 is 5.32 Å². The second-order valence-electron chi connectivity index (χ2n) is 5.14. The number of hydrogen-bond acceptors (Lipinski definition) is 4. The molecule has 2 rings (SSSR count). The molecule has 0 spiro atoms. The van der Waals surface area contributed by atoms with Crippen LogP contribution in [0.3, 0.4) is 0 Å². The highest BCUT2D eigenvalue weighted by Crippen LogP contribution is 2.28. The summed E-state index contributed by atoms with van der Waals surface area (Å²) in [5.41, 5.74) is 1.25. The Morgan fingerprint density at radius 2 is 2.22 bits per heavy atom. The predicted octanol–water partition coefficient (Wildman–Crippen LogP) is 3.65. The third-order valence-electron chi connectivity index (χ3n) is 3.62. The molecule has 1 unspecified atom stereocenters. The molecular formula is C14H24N2S2. The van der Waals surface area contributed by atoms with E-state index in [9.17, 15) is 0 Å². The molecule has 0 aromatic carbocycles. The number of rotatable bonds is 6. The molecular weight excluding hydrogens is 260 g/mol. The van der Waals surface area contributed by atoms with Gasteiger partial charge in [-0.1, -0.05) is 19.3 Å². The van der Waals surface area contributed by atoms with E-state index in [0.29, 0.717) is 6.04 Å². The molecule has 1 atom stereocenters. The SMILES string of the molecule is CNC(CSC1CCCCC1)Cc1csc(C)n1. The number of hydrogen-bond donors (Lipinski definition) is 1. The summed E-state index contributed by atoms with van der Waals surface area (Å²) >= 11 is 3.93. The number of thioether (sulfide) groups is 1. The second-order valence-corrected chi connectivity index (χ2v) is 7.54. The lowest BCUT2D eigenvalue weighted by Gasteiger charge is -2.23. The highest BCUT2D eigenvalue weighted by Gasteiger charge is 2.16. The average molecular weight is 284 g/mol. The zero-order valence-corrected chi connectivity index (χ0v) is 13.1. The molecule has 102 valence electrons. The van der Waals surface area contributed by atoms with E-state index in [1.807, 2.05) is 0 Å². The summed E-state index contributed by atoms with van der Waals surface area (Å²) in [6.07, 6.45) is 8.25. The third-order valence-corrected chi connectivity index (χ3v) is 5.98. The zero-order valence-electron chi connectivity index (χ0n) is 11.4. The van der Waals surface area contributed by atoms with Crippen molar-refractivity contribution in [3.05, 3.63) is 16.1 Å². The van der Waals surface area contributed by atoms with Crippen LogP contribution < -0.4 is 5.32 Å². The van der Waals surface area contributed by atoms with Crippen LogP contribution in [-0.4, -0.2) is 29.1 Å². The van der Waals surface area contributed by atoms with Gasteiger partial charge in [-0.25, -0.2) is 4.98 Å². The van der Waals surface area contributed by atoms with Crippen LogP contribution in [0.15, 0.2) is 5.38 Å². The average Bonchev–Trinajstić information content (AvgIpc) is 2.81. The minimum absolute atomic E-state index is 0.568. The topological polar surface area (TPSA) is 24.9 Å². The van der Waals surface area contributed by atoms with Gasteiger partial charge in [-0.2, -0.15) is 11.8 Å². The van der Waals surface area contributed by atoms with Gasteiger partial charge in [0.1, 0.15) is 0 Å². The van der Waals surface area contributed by atoms with Crippen LogP contribution in [0.5, 0.6) is 0 Å². The number of nitrogens with zero attached hydrogens (tertiary/aromatic N) is 1. The first-order valence-electron chi connectivity index (χ1n) is 6.98. The zero-order chi connectivity index (χ0) is 12.8. The fourth-order valence-corrected chi connectivity index (χ4v) is 4.56. The molecule has 0 radical (unpaired) electrons. The van der Waals surface area contributed by atoms with E-state index in [1.165, 1.54) is 48.6 Å². The molecule has 1 aliphatic rings. The molecule has 1 heterocycles. The van der Waals surface area contributed by atoms with Gasteiger partial charge in [0.2, 0.25) is 0 Å². The van der Waals surface area contributed by atoms with Crippen molar-refractivity contribution in [1.82, 2.24) is 10.3 Å². The second kappa shape index (κ2) is 7.51. The molecule has 1 fully saturated rings. The highest BCUT2D eigenvalue weighted by molar-refractivity contribution is 7.99. The van der Waals surface area contributed by atoms with Crippen LogP contribution >= 0.6 is 23.1 Å². The van der Waals surface area contributed by atoms with Crippen molar-refractivity contribution in [3.63, 3.8) is 0 Å². The molecule has 1 N–H and O–H groups in total. The van der Waals surface area contributed by atoms with Crippen molar-refractivity contribution in [2.75, 3.05) is 12.8 Å². The minimum atomic E-state index is 0.568. The van der Waals surface area contributed by atoms with Gasteiger partial charge in [0, 0.05) is 28.8 Å². The van der Waals surface area contributed by atoms with E-state index in [0.717, 1.165) is 11.7 Å². The van der Waals surface area contributed by atoms with Gasteiger partial charge in [-0.3, -0.25) is 0 Å². The molecule has 0 amide bonds. The number of thiazole rings is 1. The van der Waals surface area contributed by atoms with Crippen LogP contribution in [0.1, 0.15) is 42.8 Å². The summed E-state index contributed by atoms with van der Waals surface area (Å²) in [6.45, 7) is 2.08.